The smallest absolute Gasteiger partial charge is 0.335 e. The number of thioether (sulfide) groups is 1. The van der Waals surface area contributed by atoms with Crippen molar-refractivity contribution in [3.05, 3.63) is 23.8 Å². The van der Waals surface area contributed by atoms with Crippen LogP contribution in [-0.4, -0.2) is 39.2 Å². The Bertz CT molecular complexity index is 639. The number of hydrogen-bond donors (Lipinski definition) is 3. The first kappa shape index (κ1) is 14.4. The molecular formula is C13H15N3O3S. The van der Waals surface area contributed by atoms with Crippen molar-refractivity contribution in [1.29, 1.82) is 0 Å². The predicted octanol–water partition coefficient (Wildman–Crippen LogP) is 1.88. The van der Waals surface area contributed by atoms with Gasteiger partial charge in [0.15, 0.2) is 5.16 Å². The molecule has 7 heteroatoms. The van der Waals surface area contributed by atoms with E-state index in [0.717, 1.165) is 6.42 Å². The molecule has 0 aliphatic carbocycles. The summed E-state index contributed by atoms with van der Waals surface area (Å²) in [6.45, 7) is 2.66. The zero-order chi connectivity index (χ0) is 14.5. The Balaban J connectivity index is 2.04. The maximum atomic E-state index is 11.5. The highest BCUT2D eigenvalue weighted by molar-refractivity contribution is 7.99. The lowest BCUT2D eigenvalue weighted by Gasteiger charge is -2.00. The van der Waals surface area contributed by atoms with Crippen molar-refractivity contribution in [1.82, 2.24) is 15.3 Å². The number of benzene rings is 1. The van der Waals surface area contributed by atoms with Gasteiger partial charge in [-0.25, -0.2) is 9.78 Å². The van der Waals surface area contributed by atoms with Crippen molar-refractivity contribution in [2.24, 2.45) is 0 Å². The molecule has 0 aliphatic rings. The number of H-pyrrole nitrogens is 1. The van der Waals surface area contributed by atoms with Crippen molar-refractivity contribution in [3.63, 3.8) is 0 Å². The van der Waals surface area contributed by atoms with E-state index in [4.69, 9.17) is 5.11 Å². The van der Waals surface area contributed by atoms with Gasteiger partial charge in [0.05, 0.1) is 22.3 Å². The molecule has 1 heterocycles. The Hall–Kier alpha value is -2.02. The molecule has 0 unspecified atom stereocenters. The van der Waals surface area contributed by atoms with Crippen LogP contribution in [-0.2, 0) is 4.79 Å². The molecule has 0 saturated heterocycles. The number of nitrogens with zero attached hydrogens (tertiary/aromatic N) is 1. The van der Waals surface area contributed by atoms with Gasteiger partial charge in [0.1, 0.15) is 0 Å². The van der Waals surface area contributed by atoms with E-state index in [1.807, 2.05) is 6.92 Å². The highest BCUT2D eigenvalue weighted by atomic mass is 32.2. The molecule has 0 atom stereocenters. The first-order valence-corrected chi connectivity index (χ1v) is 7.21. The Kier molecular flexibility index (Phi) is 4.62. The fourth-order valence-corrected chi connectivity index (χ4v) is 2.35. The molecule has 1 aromatic carbocycles. The molecule has 0 spiro atoms. The van der Waals surface area contributed by atoms with Gasteiger partial charge in [-0.15, -0.1) is 0 Å². The molecule has 0 aliphatic heterocycles. The summed E-state index contributed by atoms with van der Waals surface area (Å²) in [6, 6.07) is 4.69. The van der Waals surface area contributed by atoms with Crippen LogP contribution in [0.1, 0.15) is 23.7 Å². The number of hydrogen-bond acceptors (Lipinski definition) is 4. The summed E-state index contributed by atoms with van der Waals surface area (Å²) in [4.78, 5) is 29.7. The number of rotatable bonds is 6. The lowest BCUT2D eigenvalue weighted by molar-refractivity contribution is -0.118. The maximum absolute atomic E-state index is 11.5. The molecule has 6 nitrogen and oxygen atoms in total. The van der Waals surface area contributed by atoms with Crippen LogP contribution in [0.3, 0.4) is 0 Å². The number of fused-ring (bicyclic) bond motifs is 1. The van der Waals surface area contributed by atoms with E-state index in [-0.39, 0.29) is 17.2 Å². The number of carboxylic acids is 1. The van der Waals surface area contributed by atoms with Gasteiger partial charge in [0.25, 0.3) is 0 Å². The topological polar surface area (TPSA) is 95.1 Å². The monoisotopic (exact) mass is 293 g/mol. The number of imidazole rings is 1. The standard InChI is InChI=1S/C13H15N3O3S/c1-2-5-14-11(17)7-20-13-15-9-4-3-8(12(18)19)6-10(9)16-13/h3-4,6H,2,5,7H2,1H3,(H,14,17)(H,15,16)(H,18,19). The number of carbonyl (C=O) groups is 2. The van der Waals surface area contributed by atoms with E-state index in [0.29, 0.717) is 22.7 Å². The molecule has 0 bridgehead atoms. The molecule has 2 aromatic rings. The lowest BCUT2D eigenvalue weighted by atomic mass is 10.2. The van der Waals surface area contributed by atoms with Crippen LogP contribution in [0.15, 0.2) is 23.4 Å². The minimum absolute atomic E-state index is 0.0384. The van der Waals surface area contributed by atoms with Crippen LogP contribution in [0.4, 0.5) is 0 Å². The SMILES string of the molecule is CCCNC(=O)CSc1nc2ccc(C(=O)O)cc2[nH]1. The quantitative estimate of drug-likeness (QED) is 0.707. The molecule has 3 N–H and O–H groups in total. The molecule has 0 saturated carbocycles. The van der Waals surface area contributed by atoms with Crippen molar-refractivity contribution in [2.75, 3.05) is 12.3 Å². The van der Waals surface area contributed by atoms with E-state index in [1.54, 1.807) is 6.07 Å². The minimum atomic E-state index is -0.977. The number of amides is 1. The van der Waals surface area contributed by atoms with Crippen molar-refractivity contribution >= 4 is 34.7 Å². The van der Waals surface area contributed by atoms with Crippen LogP contribution in [0, 0.1) is 0 Å². The highest BCUT2D eigenvalue weighted by Gasteiger charge is 2.09. The fraction of sp³-hybridized carbons (Fsp3) is 0.308. The summed E-state index contributed by atoms with van der Waals surface area (Å²) < 4.78 is 0. The van der Waals surface area contributed by atoms with E-state index in [2.05, 4.69) is 15.3 Å². The van der Waals surface area contributed by atoms with Gasteiger partial charge >= 0.3 is 5.97 Å². The molecule has 0 fully saturated rings. The second kappa shape index (κ2) is 6.42. The third-order valence-corrected chi connectivity index (χ3v) is 3.49. The second-order valence-electron chi connectivity index (χ2n) is 4.22. The summed E-state index contributed by atoms with van der Waals surface area (Å²) in [5, 5.41) is 12.3. The summed E-state index contributed by atoms with van der Waals surface area (Å²) in [5.41, 5.74) is 1.55. The van der Waals surface area contributed by atoms with Gasteiger partial charge in [-0.1, -0.05) is 18.7 Å². The van der Waals surface area contributed by atoms with Gasteiger partial charge in [0, 0.05) is 6.54 Å². The van der Waals surface area contributed by atoms with Gasteiger partial charge in [0.2, 0.25) is 5.91 Å². The first-order chi connectivity index (χ1) is 9.60. The Morgan fingerprint density at radius 2 is 2.25 bits per heavy atom. The zero-order valence-corrected chi connectivity index (χ0v) is 11.8. The Morgan fingerprint density at radius 1 is 1.45 bits per heavy atom. The summed E-state index contributed by atoms with van der Waals surface area (Å²) in [7, 11) is 0. The molecular weight excluding hydrogens is 278 g/mol. The number of carboxylic acid groups (broad SMARTS) is 1. The predicted molar refractivity (Wildman–Crippen MR) is 77.1 cm³/mol. The van der Waals surface area contributed by atoms with E-state index in [9.17, 15) is 9.59 Å². The minimum Gasteiger partial charge on any atom is -0.478 e. The average Bonchev–Trinajstić information content (AvgIpc) is 2.84. The van der Waals surface area contributed by atoms with Gasteiger partial charge in [-0.2, -0.15) is 0 Å². The number of aromatic carboxylic acids is 1. The number of aromatic nitrogens is 2. The molecule has 1 amide bonds. The van der Waals surface area contributed by atoms with Gasteiger partial charge in [-0.3, -0.25) is 4.79 Å². The van der Waals surface area contributed by atoms with Crippen LogP contribution in [0.25, 0.3) is 11.0 Å². The maximum Gasteiger partial charge on any atom is 0.335 e. The normalized spacial score (nSPS) is 10.7. The summed E-state index contributed by atoms with van der Waals surface area (Å²) >= 11 is 1.29. The first-order valence-electron chi connectivity index (χ1n) is 6.22. The van der Waals surface area contributed by atoms with E-state index >= 15 is 0 Å². The zero-order valence-electron chi connectivity index (χ0n) is 11.0. The Morgan fingerprint density at radius 3 is 2.95 bits per heavy atom. The second-order valence-corrected chi connectivity index (χ2v) is 5.18. The third-order valence-electron chi connectivity index (χ3n) is 2.62. The highest BCUT2D eigenvalue weighted by Crippen LogP contribution is 2.20. The van der Waals surface area contributed by atoms with Crippen LogP contribution in [0.2, 0.25) is 0 Å². The number of aromatic amines is 1. The molecule has 20 heavy (non-hydrogen) atoms. The van der Waals surface area contributed by atoms with Crippen molar-refractivity contribution in [2.45, 2.75) is 18.5 Å². The summed E-state index contributed by atoms with van der Waals surface area (Å²) in [6.07, 6.45) is 0.902. The Labute approximate surface area is 120 Å². The van der Waals surface area contributed by atoms with Crippen molar-refractivity contribution in [3.8, 4) is 0 Å². The molecule has 1 aromatic heterocycles. The fourth-order valence-electron chi connectivity index (χ4n) is 1.64. The number of carbonyl (C=O) groups excluding carboxylic acids is 1. The average molecular weight is 293 g/mol. The van der Waals surface area contributed by atoms with E-state index in [1.165, 1.54) is 23.9 Å². The van der Waals surface area contributed by atoms with Crippen LogP contribution in [0.5, 0.6) is 0 Å². The molecule has 2 rings (SSSR count). The van der Waals surface area contributed by atoms with Crippen LogP contribution < -0.4 is 5.32 Å². The van der Waals surface area contributed by atoms with Crippen LogP contribution >= 0.6 is 11.8 Å². The largest absolute Gasteiger partial charge is 0.478 e. The molecule has 0 radical (unpaired) electrons. The van der Waals surface area contributed by atoms with E-state index < -0.39 is 5.97 Å². The van der Waals surface area contributed by atoms with Crippen molar-refractivity contribution < 1.29 is 14.7 Å². The summed E-state index contributed by atoms with van der Waals surface area (Å²) in [5.74, 6) is -0.732. The molecule has 106 valence electrons. The van der Waals surface area contributed by atoms with Gasteiger partial charge < -0.3 is 15.4 Å². The number of nitrogens with one attached hydrogen (secondary N) is 2. The lowest BCUT2D eigenvalue weighted by Crippen LogP contribution is -2.25. The van der Waals surface area contributed by atoms with Gasteiger partial charge in [-0.05, 0) is 24.6 Å². The third kappa shape index (κ3) is 3.51.